The van der Waals surface area contributed by atoms with E-state index in [4.69, 9.17) is 11.5 Å². The van der Waals surface area contributed by atoms with E-state index in [9.17, 15) is 0 Å². The Labute approximate surface area is 103 Å². The lowest BCUT2D eigenvalue weighted by Crippen LogP contribution is -2.51. The summed E-state index contributed by atoms with van der Waals surface area (Å²) in [5.41, 5.74) is 15.4. The van der Waals surface area contributed by atoms with E-state index in [0.29, 0.717) is 11.8 Å². The third kappa shape index (κ3) is 1.71. The number of rotatable bonds is 1. The van der Waals surface area contributed by atoms with E-state index in [1.807, 2.05) is 0 Å². The van der Waals surface area contributed by atoms with Crippen LogP contribution in [-0.4, -0.2) is 6.54 Å². The molecular weight excluding hydrogens is 208 g/mol. The molecule has 1 saturated carbocycles. The molecule has 0 bridgehead atoms. The Balaban J connectivity index is 1.96. The number of hydrogen-bond acceptors (Lipinski definition) is 2. The van der Waals surface area contributed by atoms with Gasteiger partial charge in [-0.1, -0.05) is 24.3 Å². The van der Waals surface area contributed by atoms with Crippen molar-refractivity contribution >= 4 is 0 Å². The summed E-state index contributed by atoms with van der Waals surface area (Å²) in [6.45, 7) is 0.828. The van der Waals surface area contributed by atoms with Gasteiger partial charge in [-0.2, -0.15) is 0 Å². The van der Waals surface area contributed by atoms with Crippen LogP contribution < -0.4 is 11.5 Å². The Morgan fingerprint density at radius 3 is 2.88 bits per heavy atom. The molecule has 1 unspecified atom stereocenters. The zero-order valence-corrected chi connectivity index (χ0v) is 10.4. The molecule has 0 heterocycles. The van der Waals surface area contributed by atoms with Crippen LogP contribution in [0.4, 0.5) is 0 Å². The number of hydrogen-bond donors (Lipinski definition) is 2. The zero-order valence-electron chi connectivity index (χ0n) is 10.4. The van der Waals surface area contributed by atoms with E-state index >= 15 is 0 Å². The maximum Gasteiger partial charge on any atom is 0.0441 e. The molecule has 0 spiro atoms. The first-order valence-electron chi connectivity index (χ1n) is 6.81. The van der Waals surface area contributed by atoms with Crippen molar-refractivity contribution in [2.24, 2.45) is 23.3 Å². The molecule has 0 aromatic heterocycles. The van der Waals surface area contributed by atoms with Gasteiger partial charge in [-0.05, 0) is 61.6 Å². The Kier molecular flexibility index (Phi) is 2.72. The van der Waals surface area contributed by atoms with Crippen LogP contribution in [0.5, 0.6) is 0 Å². The number of fused-ring (bicyclic) bond motifs is 3. The standard InChI is InChI=1S/C15H22N2/c16-10-11-7-8-15(17)13(9-11)6-5-12-3-1-2-4-14(12)15/h1-4,11,13H,5-10,16-17H2/t11?,13-,15-/m1/s1. The lowest BCUT2D eigenvalue weighted by atomic mass is 9.61. The second-order valence-corrected chi connectivity index (χ2v) is 5.81. The molecule has 2 aliphatic carbocycles. The maximum absolute atomic E-state index is 6.75. The van der Waals surface area contributed by atoms with Gasteiger partial charge in [0.15, 0.2) is 0 Å². The van der Waals surface area contributed by atoms with E-state index in [0.717, 1.165) is 13.0 Å². The lowest BCUT2D eigenvalue weighted by molar-refractivity contribution is 0.125. The van der Waals surface area contributed by atoms with Gasteiger partial charge in [0.25, 0.3) is 0 Å². The number of aryl methyl sites for hydroxylation is 1. The smallest absolute Gasteiger partial charge is 0.0441 e. The van der Waals surface area contributed by atoms with Crippen LogP contribution in [-0.2, 0) is 12.0 Å². The van der Waals surface area contributed by atoms with Crippen molar-refractivity contribution < 1.29 is 0 Å². The van der Waals surface area contributed by atoms with Gasteiger partial charge in [0, 0.05) is 5.54 Å². The average molecular weight is 230 g/mol. The molecule has 3 rings (SSSR count). The summed E-state index contributed by atoms with van der Waals surface area (Å²) in [6, 6.07) is 8.75. The molecule has 2 nitrogen and oxygen atoms in total. The van der Waals surface area contributed by atoms with Gasteiger partial charge < -0.3 is 11.5 Å². The molecule has 0 aliphatic heterocycles. The molecule has 1 aromatic rings. The summed E-state index contributed by atoms with van der Waals surface area (Å²) in [7, 11) is 0. The van der Waals surface area contributed by atoms with Crippen LogP contribution in [0.1, 0.15) is 36.8 Å². The average Bonchev–Trinajstić information content (AvgIpc) is 2.38. The van der Waals surface area contributed by atoms with E-state index in [2.05, 4.69) is 24.3 Å². The molecule has 92 valence electrons. The fraction of sp³-hybridized carbons (Fsp3) is 0.600. The van der Waals surface area contributed by atoms with Gasteiger partial charge in [0.05, 0.1) is 0 Å². The highest BCUT2D eigenvalue weighted by molar-refractivity contribution is 5.37. The van der Waals surface area contributed by atoms with Crippen LogP contribution in [0.25, 0.3) is 0 Å². The molecule has 17 heavy (non-hydrogen) atoms. The first-order chi connectivity index (χ1) is 8.24. The fourth-order valence-corrected chi connectivity index (χ4v) is 3.84. The Morgan fingerprint density at radius 1 is 1.24 bits per heavy atom. The normalized spacial score (nSPS) is 36.1. The molecule has 4 N–H and O–H groups in total. The third-order valence-electron chi connectivity index (χ3n) is 4.93. The largest absolute Gasteiger partial charge is 0.330 e. The molecule has 1 aromatic carbocycles. The van der Waals surface area contributed by atoms with Crippen molar-refractivity contribution in [1.82, 2.24) is 0 Å². The van der Waals surface area contributed by atoms with Gasteiger partial charge in [-0.3, -0.25) is 0 Å². The Morgan fingerprint density at radius 2 is 2.06 bits per heavy atom. The van der Waals surface area contributed by atoms with Crippen molar-refractivity contribution in [3.8, 4) is 0 Å². The van der Waals surface area contributed by atoms with Crippen LogP contribution >= 0.6 is 0 Å². The molecule has 0 radical (unpaired) electrons. The monoisotopic (exact) mass is 230 g/mol. The second kappa shape index (κ2) is 4.11. The minimum Gasteiger partial charge on any atom is -0.330 e. The number of nitrogens with two attached hydrogens (primary N) is 2. The molecule has 0 saturated heterocycles. The van der Waals surface area contributed by atoms with Gasteiger partial charge >= 0.3 is 0 Å². The third-order valence-corrected chi connectivity index (χ3v) is 4.93. The molecule has 0 amide bonds. The highest BCUT2D eigenvalue weighted by Gasteiger charge is 2.44. The van der Waals surface area contributed by atoms with Crippen LogP contribution in [0.3, 0.4) is 0 Å². The van der Waals surface area contributed by atoms with Crippen LogP contribution in [0.15, 0.2) is 24.3 Å². The topological polar surface area (TPSA) is 52.0 Å². The number of benzene rings is 1. The minimum absolute atomic E-state index is 0.0689. The Hall–Kier alpha value is -0.860. The van der Waals surface area contributed by atoms with Crippen molar-refractivity contribution in [1.29, 1.82) is 0 Å². The van der Waals surface area contributed by atoms with E-state index in [1.165, 1.54) is 36.8 Å². The summed E-state index contributed by atoms with van der Waals surface area (Å²) in [4.78, 5) is 0. The zero-order chi connectivity index (χ0) is 11.9. The first-order valence-corrected chi connectivity index (χ1v) is 6.81. The lowest BCUT2D eigenvalue weighted by Gasteiger charge is -2.48. The quantitative estimate of drug-likeness (QED) is 0.777. The molecule has 3 atom stereocenters. The summed E-state index contributed by atoms with van der Waals surface area (Å²) < 4.78 is 0. The highest BCUT2D eigenvalue weighted by Crippen LogP contribution is 2.47. The van der Waals surface area contributed by atoms with Crippen LogP contribution in [0, 0.1) is 11.8 Å². The van der Waals surface area contributed by atoms with E-state index in [1.54, 1.807) is 0 Å². The first kappa shape index (κ1) is 11.2. The SMILES string of the molecule is NCC1CC[C@]2(N)c3ccccc3CC[C@@H]2C1. The van der Waals surface area contributed by atoms with Crippen molar-refractivity contribution in [3.63, 3.8) is 0 Å². The van der Waals surface area contributed by atoms with Gasteiger partial charge in [-0.25, -0.2) is 0 Å². The van der Waals surface area contributed by atoms with Gasteiger partial charge in [-0.15, -0.1) is 0 Å². The predicted octanol–water partition coefficient (Wildman–Crippen LogP) is 2.16. The molecular formula is C15H22N2. The van der Waals surface area contributed by atoms with Crippen molar-refractivity contribution in [3.05, 3.63) is 35.4 Å². The van der Waals surface area contributed by atoms with Crippen molar-refractivity contribution in [2.45, 2.75) is 37.6 Å². The van der Waals surface area contributed by atoms with E-state index < -0.39 is 0 Å². The summed E-state index contributed by atoms with van der Waals surface area (Å²) in [5, 5.41) is 0. The van der Waals surface area contributed by atoms with Crippen molar-refractivity contribution in [2.75, 3.05) is 6.54 Å². The maximum atomic E-state index is 6.75. The Bertz CT molecular complexity index is 415. The second-order valence-electron chi connectivity index (χ2n) is 5.81. The molecule has 2 aliphatic rings. The van der Waals surface area contributed by atoms with Gasteiger partial charge in [0.2, 0.25) is 0 Å². The predicted molar refractivity (Wildman–Crippen MR) is 70.5 cm³/mol. The van der Waals surface area contributed by atoms with E-state index in [-0.39, 0.29) is 5.54 Å². The van der Waals surface area contributed by atoms with Gasteiger partial charge in [0.1, 0.15) is 0 Å². The molecule has 1 fully saturated rings. The highest BCUT2D eigenvalue weighted by atomic mass is 14.8. The van der Waals surface area contributed by atoms with Crippen LogP contribution in [0.2, 0.25) is 0 Å². The summed E-state index contributed by atoms with van der Waals surface area (Å²) >= 11 is 0. The minimum atomic E-state index is -0.0689. The summed E-state index contributed by atoms with van der Waals surface area (Å²) in [5.74, 6) is 1.33. The molecule has 2 heteroatoms. The fourth-order valence-electron chi connectivity index (χ4n) is 3.84. The summed E-state index contributed by atoms with van der Waals surface area (Å²) in [6.07, 6.45) is 5.96.